The molecular formula is C17H16FNO. The molecule has 0 aliphatic heterocycles. The molecule has 0 unspecified atom stereocenters. The molecule has 0 aliphatic carbocycles. The first-order chi connectivity index (χ1) is 9.72. The van der Waals surface area contributed by atoms with Crippen molar-refractivity contribution in [1.29, 1.82) is 0 Å². The summed E-state index contributed by atoms with van der Waals surface area (Å²) in [4.78, 5) is 14.0. The molecule has 2 nitrogen and oxygen atoms in total. The number of amides is 1. The number of nitrogens with zero attached hydrogens (tertiary/aromatic N) is 1. The summed E-state index contributed by atoms with van der Waals surface area (Å²) in [5.41, 5.74) is 1.19. The van der Waals surface area contributed by atoms with Crippen molar-refractivity contribution in [3.05, 3.63) is 78.6 Å². The molecule has 0 bridgehead atoms. The van der Waals surface area contributed by atoms with Gasteiger partial charge in [-0.05, 0) is 23.8 Å². The largest absolute Gasteiger partial charge is 0.308 e. The summed E-state index contributed by atoms with van der Waals surface area (Å²) in [6.07, 6.45) is 1.70. The normalized spacial score (nSPS) is 10.1. The van der Waals surface area contributed by atoms with Crippen molar-refractivity contribution in [3.8, 4) is 0 Å². The van der Waals surface area contributed by atoms with Crippen molar-refractivity contribution >= 4 is 11.6 Å². The minimum atomic E-state index is -0.354. The molecular weight excluding hydrogens is 253 g/mol. The van der Waals surface area contributed by atoms with Crippen LogP contribution in [0.4, 0.5) is 10.1 Å². The lowest BCUT2D eigenvalue weighted by Crippen LogP contribution is -2.32. The van der Waals surface area contributed by atoms with Crippen LogP contribution in [0.3, 0.4) is 0 Å². The third-order valence-electron chi connectivity index (χ3n) is 2.98. The molecule has 0 N–H and O–H groups in total. The number of para-hydroxylation sites is 1. The minimum Gasteiger partial charge on any atom is -0.308 e. The predicted octanol–water partition coefficient (Wildman–Crippen LogP) is 3.59. The maximum absolute atomic E-state index is 13.6. The number of carbonyl (C=O) groups excluding carboxylic acids is 1. The fraction of sp³-hybridized carbons (Fsp3) is 0.118. The molecule has 0 heterocycles. The zero-order chi connectivity index (χ0) is 14.4. The molecule has 0 atom stereocenters. The van der Waals surface area contributed by atoms with Gasteiger partial charge in [-0.2, -0.15) is 0 Å². The summed E-state index contributed by atoms with van der Waals surface area (Å²) < 4.78 is 13.6. The highest BCUT2D eigenvalue weighted by atomic mass is 19.1. The molecule has 0 saturated heterocycles. The van der Waals surface area contributed by atoms with Crippen molar-refractivity contribution in [2.24, 2.45) is 0 Å². The van der Waals surface area contributed by atoms with Crippen molar-refractivity contribution in [2.45, 2.75) is 6.42 Å². The van der Waals surface area contributed by atoms with Crippen LogP contribution in [-0.4, -0.2) is 12.5 Å². The fourth-order valence-electron chi connectivity index (χ4n) is 1.99. The quantitative estimate of drug-likeness (QED) is 0.760. The van der Waals surface area contributed by atoms with Gasteiger partial charge in [0.05, 0.1) is 6.42 Å². The second kappa shape index (κ2) is 6.66. The predicted molar refractivity (Wildman–Crippen MR) is 79.1 cm³/mol. The van der Waals surface area contributed by atoms with Gasteiger partial charge in [-0.3, -0.25) is 4.79 Å². The first-order valence-electron chi connectivity index (χ1n) is 6.42. The fourth-order valence-corrected chi connectivity index (χ4v) is 1.99. The zero-order valence-electron chi connectivity index (χ0n) is 11.1. The van der Waals surface area contributed by atoms with E-state index in [1.165, 1.54) is 6.07 Å². The Bertz CT molecular complexity index is 595. The summed E-state index contributed by atoms with van der Waals surface area (Å²) in [5, 5.41) is 0. The van der Waals surface area contributed by atoms with E-state index in [4.69, 9.17) is 0 Å². The number of anilines is 1. The molecule has 2 aromatic rings. The summed E-state index contributed by atoms with van der Waals surface area (Å²) in [6, 6.07) is 15.6. The Hall–Kier alpha value is -2.42. The minimum absolute atomic E-state index is 0.0371. The first-order valence-corrected chi connectivity index (χ1v) is 6.42. The molecule has 3 heteroatoms. The van der Waals surface area contributed by atoms with Gasteiger partial charge < -0.3 is 4.90 Å². The van der Waals surface area contributed by atoms with Gasteiger partial charge in [0.1, 0.15) is 5.82 Å². The SMILES string of the molecule is C=CCN(C(=O)Cc1ccccc1F)c1ccccc1. The van der Waals surface area contributed by atoms with Gasteiger partial charge in [0, 0.05) is 12.2 Å². The Kier molecular flexibility index (Phi) is 4.66. The van der Waals surface area contributed by atoms with Crippen molar-refractivity contribution in [2.75, 3.05) is 11.4 Å². The summed E-state index contributed by atoms with van der Waals surface area (Å²) >= 11 is 0. The molecule has 2 rings (SSSR count). The zero-order valence-corrected chi connectivity index (χ0v) is 11.1. The number of hydrogen-bond donors (Lipinski definition) is 0. The highest BCUT2D eigenvalue weighted by Gasteiger charge is 2.16. The molecule has 0 saturated carbocycles. The Morgan fingerprint density at radius 1 is 1.10 bits per heavy atom. The van der Waals surface area contributed by atoms with Crippen LogP contribution in [-0.2, 0) is 11.2 Å². The topological polar surface area (TPSA) is 20.3 Å². The summed E-state index contributed by atoms with van der Waals surface area (Å²) in [7, 11) is 0. The maximum atomic E-state index is 13.6. The van der Waals surface area contributed by atoms with Crippen LogP contribution in [0, 0.1) is 5.82 Å². The summed E-state index contributed by atoms with van der Waals surface area (Å²) in [6.45, 7) is 4.07. The second-order valence-corrected chi connectivity index (χ2v) is 4.40. The monoisotopic (exact) mass is 269 g/mol. The molecule has 0 radical (unpaired) electrons. The van der Waals surface area contributed by atoms with Crippen molar-refractivity contribution < 1.29 is 9.18 Å². The molecule has 1 amide bonds. The van der Waals surface area contributed by atoms with Crippen molar-refractivity contribution in [3.63, 3.8) is 0 Å². The number of benzene rings is 2. The number of hydrogen-bond acceptors (Lipinski definition) is 1. The van der Waals surface area contributed by atoms with E-state index in [-0.39, 0.29) is 18.1 Å². The average Bonchev–Trinajstić information content (AvgIpc) is 2.48. The Labute approximate surface area is 118 Å². The lowest BCUT2D eigenvalue weighted by atomic mass is 10.1. The van der Waals surface area contributed by atoms with E-state index in [2.05, 4.69) is 6.58 Å². The van der Waals surface area contributed by atoms with E-state index in [0.29, 0.717) is 12.1 Å². The van der Waals surface area contributed by atoms with E-state index in [1.54, 1.807) is 29.2 Å². The van der Waals surface area contributed by atoms with Gasteiger partial charge in [-0.1, -0.05) is 42.5 Å². The van der Waals surface area contributed by atoms with Gasteiger partial charge in [0.2, 0.25) is 5.91 Å². The van der Waals surface area contributed by atoms with Crippen LogP contribution < -0.4 is 4.90 Å². The summed E-state index contributed by atoms with van der Waals surface area (Å²) in [5.74, 6) is -0.506. The van der Waals surface area contributed by atoms with Crippen LogP contribution in [0.1, 0.15) is 5.56 Å². The lowest BCUT2D eigenvalue weighted by Gasteiger charge is -2.21. The van der Waals surface area contributed by atoms with Crippen LogP contribution in [0.2, 0.25) is 0 Å². The molecule has 2 aromatic carbocycles. The lowest BCUT2D eigenvalue weighted by molar-refractivity contribution is -0.117. The molecule has 0 fully saturated rings. The van der Waals surface area contributed by atoms with Crippen LogP contribution in [0.15, 0.2) is 67.3 Å². The van der Waals surface area contributed by atoms with E-state index in [0.717, 1.165) is 5.69 Å². The Balaban J connectivity index is 2.20. The van der Waals surface area contributed by atoms with Gasteiger partial charge in [-0.25, -0.2) is 4.39 Å². The van der Waals surface area contributed by atoms with E-state index < -0.39 is 0 Å². The molecule has 20 heavy (non-hydrogen) atoms. The highest BCUT2D eigenvalue weighted by Crippen LogP contribution is 2.16. The first kappa shape index (κ1) is 14.0. The Morgan fingerprint density at radius 2 is 1.75 bits per heavy atom. The van der Waals surface area contributed by atoms with Gasteiger partial charge >= 0.3 is 0 Å². The third kappa shape index (κ3) is 3.32. The second-order valence-electron chi connectivity index (χ2n) is 4.40. The maximum Gasteiger partial charge on any atom is 0.231 e. The smallest absolute Gasteiger partial charge is 0.231 e. The number of carbonyl (C=O) groups is 1. The number of halogens is 1. The van der Waals surface area contributed by atoms with Gasteiger partial charge in [-0.15, -0.1) is 6.58 Å². The molecule has 0 aliphatic rings. The molecule has 0 spiro atoms. The Morgan fingerprint density at radius 3 is 2.40 bits per heavy atom. The molecule has 0 aromatic heterocycles. The average molecular weight is 269 g/mol. The van der Waals surface area contributed by atoms with E-state index >= 15 is 0 Å². The van der Waals surface area contributed by atoms with E-state index in [1.807, 2.05) is 30.3 Å². The number of rotatable bonds is 5. The van der Waals surface area contributed by atoms with E-state index in [9.17, 15) is 9.18 Å². The van der Waals surface area contributed by atoms with Crippen LogP contribution >= 0.6 is 0 Å². The third-order valence-corrected chi connectivity index (χ3v) is 2.98. The standard InChI is InChI=1S/C17H16FNO/c1-2-12-19(15-9-4-3-5-10-15)17(20)13-14-8-6-7-11-16(14)18/h2-11H,1,12-13H2. The molecule has 102 valence electrons. The van der Waals surface area contributed by atoms with Crippen molar-refractivity contribution in [1.82, 2.24) is 0 Å². The van der Waals surface area contributed by atoms with Crippen LogP contribution in [0.25, 0.3) is 0 Å². The van der Waals surface area contributed by atoms with Gasteiger partial charge in [0.15, 0.2) is 0 Å². The highest BCUT2D eigenvalue weighted by molar-refractivity contribution is 5.95. The van der Waals surface area contributed by atoms with Gasteiger partial charge in [0.25, 0.3) is 0 Å². The van der Waals surface area contributed by atoms with Crippen LogP contribution in [0.5, 0.6) is 0 Å².